The highest BCUT2D eigenvalue weighted by atomic mass is 32.2. The third-order valence-corrected chi connectivity index (χ3v) is 4.63. The SMILES string of the molecule is CCCCCCc1cc(O)c(Oc2ccccc2)cc1S(=O)(=O)O. The molecule has 24 heavy (non-hydrogen) atoms. The van der Waals surface area contributed by atoms with Crippen LogP contribution < -0.4 is 4.74 Å². The van der Waals surface area contributed by atoms with Crippen LogP contribution in [0, 0.1) is 0 Å². The first-order chi connectivity index (χ1) is 11.4. The van der Waals surface area contributed by atoms with Crippen molar-refractivity contribution in [3.8, 4) is 17.2 Å². The van der Waals surface area contributed by atoms with Gasteiger partial charge in [0.15, 0.2) is 11.5 Å². The van der Waals surface area contributed by atoms with Gasteiger partial charge in [0.05, 0.1) is 0 Å². The van der Waals surface area contributed by atoms with E-state index in [-0.39, 0.29) is 16.4 Å². The number of unbranched alkanes of at least 4 members (excludes halogenated alkanes) is 3. The van der Waals surface area contributed by atoms with Gasteiger partial charge < -0.3 is 9.84 Å². The van der Waals surface area contributed by atoms with Crippen LogP contribution in [0.1, 0.15) is 38.2 Å². The Balaban J connectivity index is 2.31. The van der Waals surface area contributed by atoms with Gasteiger partial charge in [-0.2, -0.15) is 8.42 Å². The van der Waals surface area contributed by atoms with Crippen LogP contribution in [0.3, 0.4) is 0 Å². The second-order valence-corrected chi connectivity index (χ2v) is 7.02. The summed E-state index contributed by atoms with van der Waals surface area (Å²) in [5.41, 5.74) is 0.395. The van der Waals surface area contributed by atoms with Gasteiger partial charge in [0, 0.05) is 6.07 Å². The summed E-state index contributed by atoms with van der Waals surface area (Å²) >= 11 is 0. The first-order valence-electron chi connectivity index (χ1n) is 7.98. The number of aryl methyl sites for hydroxylation is 1. The molecule has 2 N–H and O–H groups in total. The Kier molecular flexibility index (Phi) is 6.23. The maximum absolute atomic E-state index is 11.7. The fraction of sp³-hybridized carbons (Fsp3) is 0.333. The Hall–Kier alpha value is -2.05. The van der Waals surface area contributed by atoms with Gasteiger partial charge >= 0.3 is 0 Å². The number of benzene rings is 2. The first-order valence-corrected chi connectivity index (χ1v) is 9.42. The molecule has 0 radical (unpaired) electrons. The average molecular weight is 350 g/mol. The molecule has 2 rings (SSSR count). The van der Waals surface area contributed by atoms with Crippen molar-refractivity contribution >= 4 is 10.1 Å². The highest BCUT2D eigenvalue weighted by Crippen LogP contribution is 2.35. The lowest BCUT2D eigenvalue weighted by Crippen LogP contribution is -2.04. The molecule has 0 aliphatic carbocycles. The normalized spacial score (nSPS) is 11.4. The molecule has 0 unspecified atom stereocenters. The monoisotopic (exact) mass is 350 g/mol. The van der Waals surface area contributed by atoms with Crippen molar-refractivity contribution in [1.82, 2.24) is 0 Å². The Labute approximate surface area is 142 Å². The van der Waals surface area contributed by atoms with Crippen molar-refractivity contribution in [1.29, 1.82) is 0 Å². The van der Waals surface area contributed by atoms with E-state index in [9.17, 15) is 18.1 Å². The van der Waals surface area contributed by atoms with Gasteiger partial charge in [0.25, 0.3) is 10.1 Å². The number of rotatable bonds is 8. The Bertz CT molecular complexity index is 769. The minimum atomic E-state index is -4.40. The van der Waals surface area contributed by atoms with Gasteiger partial charge in [-0.1, -0.05) is 44.4 Å². The molecule has 0 spiro atoms. The number of para-hydroxylation sites is 1. The van der Waals surface area contributed by atoms with Crippen molar-refractivity contribution < 1.29 is 22.8 Å². The maximum Gasteiger partial charge on any atom is 0.294 e. The summed E-state index contributed by atoms with van der Waals surface area (Å²) in [4.78, 5) is -0.220. The van der Waals surface area contributed by atoms with Gasteiger partial charge in [-0.15, -0.1) is 0 Å². The highest BCUT2D eigenvalue weighted by Gasteiger charge is 2.20. The number of ether oxygens (including phenoxy) is 1. The molecule has 5 nitrogen and oxygen atoms in total. The molecule has 130 valence electrons. The summed E-state index contributed by atoms with van der Waals surface area (Å²) in [5, 5.41) is 10.1. The Morgan fingerprint density at radius 1 is 1.04 bits per heavy atom. The summed E-state index contributed by atoms with van der Waals surface area (Å²) in [6.45, 7) is 2.09. The Morgan fingerprint density at radius 3 is 2.38 bits per heavy atom. The van der Waals surface area contributed by atoms with Crippen molar-refractivity contribution in [2.24, 2.45) is 0 Å². The van der Waals surface area contributed by atoms with Gasteiger partial charge in [-0.3, -0.25) is 4.55 Å². The van der Waals surface area contributed by atoms with E-state index in [1.807, 2.05) is 6.07 Å². The maximum atomic E-state index is 11.7. The van der Waals surface area contributed by atoms with Crippen LogP contribution in [0.5, 0.6) is 17.2 Å². The summed E-state index contributed by atoms with van der Waals surface area (Å²) in [6, 6.07) is 11.2. The number of phenolic OH excluding ortho intramolecular Hbond substituents is 1. The van der Waals surface area contributed by atoms with E-state index >= 15 is 0 Å². The zero-order chi connectivity index (χ0) is 17.6. The molecule has 0 atom stereocenters. The predicted octanol–water partition coefficient (Wildman–Crippen LogP) is 4.55. The first kappa shape index (κ1) is 18.3. The van der Waals surface area contributed by atoms with Crippen LogP contribution >= 0.6 is 0 Å². The van der Waals surface area contributed by atoms with Crippen molar-refractivity contribution in [2.45, 2.75) is 43.9 Å². The molecule has 0 aromatic heterocycles. The van der Waals surface area contributed by atoms with Crippen LogP contribution in [-0.4, -0.2) is 18.1 Å². The van der Waals surface area contributed by atoms with E-state index in [1.165, 1.54) is 12.1 Å². The van der Waals surface area contributed by atoms with Crippen LogP contribution in [0.15, 0.2) is 47.4 Å². The second-order valence-electron chi connectivity index (χ2n) is 5.63. The van der Waals surface area contributed by atoms with E-state index in [2.05, 4.69) is 6.92 Å². The highest BCUT2D eigenvalue weighted by molar-refractivity contribution is 7.85. The summed E-state index contributed by atoms with van der Waals surface area (Å²) < 4.78 is 38.4. The standard InChI is InChI=1S/C18H22O5S/c1-2-3-4-6-9-14-12-16(19)17(13-18(14)24(20,21)22)23-15-10-7-5-8-11-15/h5,7-8,10-13,19H,2-4,6,9H2,1H3,(H,20,21,22). The molecule has 0 saturated carbocycles. The fourth-order valence-corrected chi connectivity index (χ4v) is 3.22. The molecule has 0 aliphatic rings. The van der Waals surface area contributed by atoms with Gasteiger partial charge in [0.1, 0.15) is 10.6 Å². The molecule has 0 fully saturated rings. The number of hydrogen-bond acceptors (Lipinski definition) is 4. The largest absolute Gasteiger partial charge is 0.504 e. The van der Waals surface area contributed by atoms with Crippen LogP contribution in [0.25, 0.3) is 0 Å². The van der Waals surface area contributed by atoms with Gasteiger partial charge in [-0.25, -0.2) is 0 Å². The van der Waals surface area contributed by atoms with Crippen LogP contribution in [0.4, 0.5) is 0 Å². The topological polar surface area (TPSA) is 83.8 Å². The lowest BCUT2D eigenvalue weighted by atomic mass is 10.1. The number of aromatic hydroxyl groups is 1. The minimum Gasteiger partial charge on any atom is -0.504 e. The van der Waals surface area contributed by atoms with Crippen molar-refractivity contribution in [3.05, 3.63) is 48.0 Å². The summed E-state index contributed by atoms with van der Waals surface area (Å²) in [7, 11) is -4.40. The average Bonchev–Trinajstić information content (AvgIpc) is 2.53. The lowest BCUT2D eigenvalue weighted by molar-refractivity contribution is 0.408. The van der Waals surface area contributed by atoms with E-state index in [0.29, 0.717) is 17.7 Å². The van der Waals surface area contributed by atoms with Crippen molar-refractivity contribution in [2.75, 3.05) is 0 Å². The number of hydrogen-bond donors (Lipinski definition) is 2. The molecule has 0 heterocycles. The lowest BCUT2D eigenvalue weighted by Gasteiger charge is -2.13. The molecule has 2 aromatic carbocycles. The van der Waals surface area contributed by atoms with E-state index in [1.54, 1.807) is 24.3 Å². The number of phenols is 1. The minimum absolute atomic E-state index is 0.00821. The van der Waals surface area contributed by atoms with E-state index < -0.39 is 10.1 Å². The zero-order valence-corrected chi connectivity index (χ0v) is 14.4. The Morgan fingerprint density at radius 2 is 1.75 bits per heavy atom. The molecular formula is C18H22O5S. The van der Waals surface area contributed by atoms with E-state index in [0.717, 1.165) is 25.7 Å². The second kappa shape index (κ2) is 8.17. The van der Waals surface area contributed by atoms with Gasteiger partial charge in [-0.05, 0) is 36.6 Å². The van der Waals surface area contributed by atoms with E-state index in [4.69, 9.17) is 4.74 Å². The molecule has 0 bridgehead atoms. The molecule has 0 amide bonds. The predicted molar refractivity (Wildman–Crippen MR) is 92.3 cm³/mol. The summed E-state index contributed by atoms with van der Waals surface area (Å²) in [5.74, 6) is 0.299. The molecular weight excluding hydrogens is 328 g/mol. The quantitative estimate of drug-likeness (QED) is 0.539. The van der Waals surface area contributed by atoms with Gasteiger partial charge in [0.2, 0.25) is 0 Å². The molecule has 6 heteroatoms. The third-order valence-electron chi connectivity index (χ3n) is 3.69. The van der Waals surface area contributed by atoms with Crippen molar-refractivity contribution in [3.63, 3.8) is 0 Å². The smallest absolute Gasteiger partial charge is 0.294 e. The molecule has 0 aliphatic heterocycles. The third kappa shape index (κ3) is 4.97. The molecule has 2 aromatic rings. The van der Waals surface area contributed by atoms with Crippen LogP contribution in [-0.2, 0) is 16.5 Å². The zero-order valence-electron chi connectivity index (χ0n) is 13.6. The fourth-order valence-electron chi connectivity index (χ4n) is 2.47. The van der Waals surface area contributed by atoms with Crippen LogP contribution in [0.2, 0.25) is 0 Å². The molecule has 0 saturated heterocycles. The summed E-state index contributed by atoms with van der Waals surface area (Å²) in [6.07, 6.45) is 4.34.